The maximum absolute atomic E-state index is 13.1. The lowest BCUT2D eigenvalue weighted by molar-refractivity contribution is -0.129. The molecular weight excluding hydrogens is 390 g/mol. The fourth-order valence-electron chi connectivity index (χ4n) is 3.84. The third kappa shape index (κ3) is 4.10. The molecule has 2 aromatic heterocycles. The van der Waals surface area contributed by atoms with Crippen LogP contribution in [0, 0.1) is 0 Å². The Morgan fingerprint density at radius 1 is 1.21 bits per heavy atom. The number of thiophene rings is 1. The molecular formula is C21H23N3O4S. The third-order valence-corrected chi connectivity index (χ3v) is 6.16. The second kappa shape index (κ2) is 8.86. The summed E-state index contributed by atoms with van der Waals surface area (Å²) in [7, 11) is 0. The van der Waals surface area contributed by atoms with Crippen LogP contribution in [0.2, 0.25) is 0 Å². The van der Waals surface area contributed by atoms with Gasteiger partial charge in [0.25, 0.3) is 5.91 Å². The molecule has 0 aliphatic carbocycles. The molecule has 8 heteroatoms. The highest BCUT2D eigenvalue weighted by Gasteiger charge is 2.43. The van der Waals surface area contributed by atoms with Crippen molar-refractivity contribution in [2.24, 2.45) is 0 Å². The van der Waals surface area contributed by atoms with Gasteiger partial charge in [0.1, 0.15) is 0 Å². The molecule has 1 saturated heterocycles. The first-order valence-corrected chi connectivity index (χ1v) is 10.6. The number of carbonyl (C=O) groups is 2. The van der Waals surface area contributed by atoms with Crippen molar-refractivity contribution in [3.8, 4) is 0 Å². The van der Waals surface area contributed by atoms with Crippen LogP contribution in [0.5, 0.6) is 0 Å². The minimum atomic E-state index is -0.607. The maximum Gasteiger partial charge on any atom is 0.290 e. The highest BCUT2D eigenvalue weighted by atomic mass is 32.1. The number of amides is 1. The van der Waals surface area contributed by atoms with Gasteiger partial charge < -0.3 is 14.7 Å². The van der Waals surface area contributed by atoms with Crippen LogP contribution in [0.1, 0.15) is 27.7 Å². The van der Waals surface area contributed by atoms with Crippen molar-refractivity contribution < 1.29 is 19.4 Å². The van der Waals surface area contributed by atoms with Crippen molar-refractivity contribution >= 4 is 23.0 Å². The summed E-state index contributed by atoms with van der Waals surface area (Å²) in [6.45, 7) is 4.51. The summed E-state index contributed by atoms with van der Waals surface area (Å²) < 4.78 is 5.37. The van der Waals surface area contributed by atoms with Crippen molar-refractivity contribution in [2.75, 3.05) is 39.4 Å². The van der Waals surface area contributed by atoms with E-state index < -0.39 is 17.7 Å². The van der Waals surface area contributed by atoms with Gasteiger partial charge in [0.05, 0.1) is 29.7 Å². The third-order valence-electron chi connectivity index (χ3n) is 5.29. The lowest BCUT2D eigenvalue weighted by atomic mass is 9.96. The monoisotopic (exact) mass is 413 g/mol. The number of aliphatic hydroxyl groups is 1. The minimum Gasteiger partial charge on any atom is -0.503 e. The largest absolute Gasteiger partial charge is 0.503 e. The van der Waals surface area contributed by atoms with Crippen LogP contribution >= 0.6 is 11.3 Å². The first-order chi connectivity index (χ1) is 14.2. The molecule has 2 aliphatic heterocycles. The number of carbonyl (C=O) groups excluding carboxylic acids is 2. The fraction of sp³-hybridized carbons (Fsp3) is 0.381. The average molecular weight is 413 g/mol. The van der Waals surface area contributed by atoms with Crippen molar-refractivity contribution in [3.63, 3.8) is 0 Å². The predicted molar refractivity (Wildman–Crippen MR) is 109 cm³/mol. The average Bonchev–Trinajstić information content (AvgIpc) is 3.38. The summed E-state index contributed by atoms with van der Waals surface area (Å²) in [5.74, 6) is -1.24. The number of aliphatic hydroxyl groups excluding tert-OH is 1. The molecule has 0 saturated carbocycles. The zero-order valence-electron chi connectivity index (χ0n) is 16.0. The number of rotatable bonds is 7. The maximum atomic E-state index is 13.1. The van der Waals surface area contributed by atoms with Crippen molar-refractivity contribution in [2.45, 2.75) is 12.5 Å². The van der Waals surface area contributed by atoms with Gasteiger partial charge in [-0.05, 0) is 35.6 Å². The highest BCUT2D eigenvalue weighted by molar-refractivity contribution is 7.12. The van der Waals surface area contributed by atoms with E-state index in [0.717, 1.165) is 44.8 Å². The second-order valence-electron chi connectivity index (χ2n) is 7.06. The van der Waals surface area contributed by atoms with E-state index in [1.807, 2.05) is 5.38 Å². The van der Waals surface area contributed by atoms with Crippen LogP contribution in [0.25, 0.3) is 0 Å². The molecule has 7 nitrogen and oxygen atoms in total. The molecule has 0 spiro atoms. The van der Waals surface area contributed by atoms with E-state index in [9.17, 15) is 14.7 Å². The number of ether oxygens (including phenoxy) is 1. The van der Waals surface area contributed by atoms with E-state index in [2.05, 4.69) is 9.88 Å². The van der Waals surface area contributed by atoms with Gasteiger partial charge in [0, 0.05) is 38.6 Å². The van der Waals surface area contributed by atoms with Crippen LogP contribution in [0.3, 0.4) is 0 Å². The van der Waals surface area contributed by atoms with E-state index in [-0.39, 0.29) is 11.4 Å². The Balaban J connectivity index is 1.57. The molecule has 0 bridgehead atoms. The summed E-state index contributed by atoms with van der Waals surface area (Å²) in [5, 5.41) is 12.4. The van der Waals surface area contributed by atoms with E-state index in [1.165, 1.54) is 11.3 Å². The zero-order valence-corrected chi connectivity index (χ0v) is 16.8. The first kappa shape index (κ1) is 19.8. The molecule has 1 atom stereocenters. The number of Topliss-reactive ketones (excluding diaryl/α,β-unsaturated/α-hetero) is 1. The molecule has 1 fully saturated rings. The van der Waals surface area contributed by atoms with Gasteiger partial charge in [-0.2, -0.15) is 0 Å². The van der Waals surface area contributed by atoms with Crippen LogP contribution in [-0.4, -0.2) is 71.0 Å². The van der Waals surface area contributed by atoms with Crippen LogP contribution in [0.15, 0.2) is 53.4 Å². The number of ketones is 1. The summed E-state index contributed by atoms with van der Waals surface area (Å²) in [6.07, 6.45) is 4.02. The second-order valence-corrected chi connectivity index (χ2v) is 8.01. The van der Waals surface area contributed by atoms with Crippen molar-refractivity contribution in [3.05, 3.63) is 63.8 Å². The van der Waals surface area contributed by atoms with Gasteiger partial charge in [-0.25, -0.2) is 0 Å². The van der Waals surface area contributed by atoms with Crippen molar-refractivity contribution in [1.82, 2.24) is 14.8 Å². The molecule has 152 valence electrons. The molecule has 0 aromatic carbocycles. The van der Waals surface area contributed by atoms with E-state index in [0.29, 0.717) is 11.4 Å². The summed E-state index contributed by atoms with van der Waals surface area (Å²) >= 11 is 1.30. The number of hydrogen-bond acceptors (Lipinski definition) is 7. The zero-order chi connectivity index (χ0) is 20.2. The Morgan fingerprint density at radius 3 is 2.66 bits per heavy atom. The fourth-order valence-corrected chi connectivity index (χ4v) is 4.52. The first-order valence-electron chi connectivity index (χ1n) is 9.69. The molecule has 1 N–H and O–H groups in total. The molecule has 29 heavy (non-hydrogen) atoms. The van der Waals surface area contributed by atoms with Gasteiger partial charge in [-0.15, -0.1) is 11.3 Å². The number of morpholine rings is 1. The minimum absolute atomic E-state index is 0.148. The van der Waals surface area contributed by atoms with Crippen LogP contribution in [-0.2, 0) is 9.53 Å². The highest BCUT2D eigenvalue weighted by Crippen LogP contribution is 2.39. The molecule has 4 heterocycles. The van der Waals surface area contributed by atoms with Crippen molar-refractivity contribution in [1.29, 1.82) is 0 Å². The van der Waals surface area contributed by atoms with E-state index in [4.69, 9.17) is 4.74 Å². The Bertz CT molecular complexity index is 892. The molecule has 4 rings (SSSR count). The number of hydrogen-bond donors (Lipinski definition) is 1. The topological polar surface area (TPSA) is 83.0 Å². The standard InChI is InChI=1S/C21H23N3O4S/c25-19(16-3-1-14-29-16)17-18(15-4-6-22-7-5-15)24(21(27)20(17)26)9-2-8-23-10-12-28-13-11-23/h1,3-7,14,18,26H,2,8-13H2. The van der Waals surface area contributed by atoms with Crippen LogP contribution in [0.4, 0.5) is 0 Å². The smallest absolute Gasteiger partial charge is 0.290 e. The van der Waals surface area contributed by atoms with Gasteiger partial charge >= 0.3 is 0 Å². The van der Waals surface area contributed by atoms with Crippen LogP contribution < -0.4 is 0 Å². The normalized spacial score (nSPS) is 20.5. The summed E-state index contributed by atoms with van der Waals surface area (Å²) in [5.41, 5.74) is 0.915. The number of nitrogens with zero attached hydrogens (tertiary/aromatic N) is 3. The van der Waals surface area contributed by atoms with E-state index >= 15 is 0 Å². The Hall–Kier alpha value is -2.55. The summed E-state index contributed by atoms with van der Waals surface area (Å²) in [6, 6.07) is 6.46. The molecule has 0 radical (unpaired) electrons. The lowest BCUT2D eigenvalue weighted by Gasteiger charge is -2.29. The van der Waals surface area contributed by atoms with Gasteiger partial charge in [-0.3, -0.25) is 19.5 Å². The van der Waals surface area contributed by atoms with Gasteiger partial charge in [0.2, 0.25) is 5.78 Å². The number of aromatic nitrogens is 1. The Kier molecular flexibility index (Phi) is 6.03. The molecule has 2 aliphatic rings. The lowest BCUT2D eigenvalue weighted by Crippen LogP contribution is -2.39. The van der Waals surface area contributed by atoms with E-state index in [1.54, 1.807) is 41.6 Å². The quantitative estimate of drug-likeness (QED) is 0.702. The summed E-state index contributed by atoms with van der Waals surface area (Å²) in [4.78, 5) is 34.4. The Morgan fingerprint density at radius 2 is 1.97 bits per heavy atom. The van der Waals surface area contributed by atoms with Gasteiger partial charge in [-0.1, -0.05) is 6.07 Å². The molecule has 2 aromatic rings. The molecule has 1 unspecified atom stereocenters. The van der Waals surface area contributed by atoms with Gasteiger partial charge in [0.15, 0.2) is 5.76 Å². The SMILES string of the molecule is O=C(C1=C(O)C(=O)N(CCCN2CCOCC2)C1c1ccncc1)c1cccs1. The molecule has 1 amide bonds. The number of pyridine rings is 1. The Labute approximate surface area is 173 Å². The predicted octanol–water partition coefficient (Wildman–Crippen LogP) is 2.44.